The second-order valence-electron chi connectivity index (χ2n) is 8.86. The molecule has 0 aromatic heterocycles. The number of fused-ring (bicyclic) bond motifs is 5. The van der Waals surface area contributed by atoms with Gasteiger partial charge in [0.15, 0.2) is 17.1 Å². The molecule has 0 aromatic rings. The van der Waals surface area contributed by atoms with Crippen LogP contribution < -0.4 is 0 Å². The molecule has 26 heavy (non-hydrogen) atoms. The summed E-state index contributed by atoms with van der Waals surface area (Å²) in [5.41, 5.74) is -2.82. The number of Topliss-reactive ketones (excluding diaryl/α,β-unsaturated/α-hetero) is 1. The number of alkyl halides is 3. The van der Waals surface area contributed by atoms with Crippen LogP contribution in [0.2, 0.25) is 0 Å². The number of hydrogen-bond acceptors (Lipinski definition) is 3. The van der Waals surface area contributed by atoms with Crippen LogP contribution in [0.4, 0.5) is 13.2 Å². The molecule has 3 saturated carbocycles. The van der Waals surface area contributed by atoms with E-state index in [9.17, 15) is 28.2 Å². The van der Waals surface area contributed by atoms with E-state index in [0.717, 1.165) is 5.57 Å². The Balaban J connectivity index is 1.69. The first kappa shape index (κ1) is 18.3. The van der Waals surface area contributed by atoms with E-state index in [1.807, 2.05) is 0 Å². The van der Waals surface area contributed by atoms with E-state index in [1.165, 1.54) is 0 Å². The van der Waals surface area contributed by atoms with Crippen molar-refractivity contribution in [2.45, 2.75) is 76.5 Å². The molecular formula is C20H27F3O3. The van der Waals surface area contributed by atoms with Crippen LogP contribution in [-0.2, 0) is 4.79 Å². The summed E-state index contributed by atoms with van der Waals surface area (Å²) in [5, 5.41) is 20.9. The highest BCUT2D eigenvalue weighted by Gasteiger charge is 2.72. The molecule has 2 N–H and O–H groups in total. The van der Waals surface area contributed by atoms with Gasteiger partial charge in [0.1, 0.15) is 0 Å². The Kier molecular flexibility index (Phi) is 4.04. The molecular weight excluding hydrogens is 345 g/mol. The highest BCUT2D eigenvalue weighted by Crippen LogP contribution is 2.69. The number of aliphatic hydroxyl groups is 2. The smallest absolute Gasteiger partial charge is 0.417 e. The lowest BCUT2D eigenvalue weighted by molar-refractivity contribution is -0.306. The lowest BCUT2D eigenvalue weighted by Crippen LogP contribution is -2.60. The molecule has 4 aliphatic rings. The van der Waals surface area contributed by atoms with E-state index in [1.54, 1.807) is 6.92 Å². The Morgan fingerprint density at radius 2 is 1.81 bits per heavy atom. The lowest BCUT2D eigenvalue weighted by atomic mass is 9.49. The van der Waals surface area contributed by atoms with Gasteiger partial charge in [-0.3, -0.25) is 4.79 Å². The van der Waals surface area contributed by atoms with Gasteiger partial charge in [0.25, 0.3) is 0 Å². The zero-order valence-corrected chi connectivity index (χ0v) is 15.1. The third kappa shape index (κ3) is 2.14. The van der Waals surface area contributed by atoms with Crippen molar-refractivity contribution in [3.63, 3.8) is 0 Å². The van der Waals surface area contributed by atoms with Crippen molar-refractivity contribution in [2.75, 3.05) is 0 Å². The number of halogens is 3. The molecule has 0 aliphatic heterocycles. The van der Waals surface area contributed by atoms with Gasteiger partial charge in [-0.1, -0.05) is 6.92 Å². The minimum atomic E-state index is -4.60. The molecule has 6 atom stereocenters. The Labute approximate surface area is 151 Å². The SMILES string of the molecule is CCC12CC[C@H]3[C@@H](CCC4=C(O)C(=O)CC[C@@H]43)[C@@H]1CC[C@@]2(O)C(F)(F)F. The summed E-state index contributed by atoms with van der Waals surface area (Å²) >= 11 is 0. The molecule has 0 bridgehead atoms. The molecule has 0 heterocycles. The van der Waals surface area contributed by atoms with E-state index < -0.39 is 17.2 Å². The number of ketones is 1. The highest BCUT2D eigenvalue weighted by molar-refractivity contribution is 5.94. The van der Waals surface area contributed by atoms with Crippen molar-refractivity contribution in [3.8, 4) is 0 Å². The van der Waals surface area contributed by atoms with Crippen molar-refractivity contribution in [1.29, 1.82) is 0 Å². The third-order valence-electron chi connectivity index (χ3n) is 8.40. The van der Waals surface area contributed by atoms with Crippen LogP contribution in [0.15, 0.2) is 11.3 Å². The fourth-order valence-electron chi connectivity index (χ4n) is 7.25. The van der Waals surface area contributed by atoms with Gasteiger partial charge < -0.3 is 10.2 Å². The average Bonchev–Trinajstić information content (AvgIpc) is 2.92. The van der Waals surface area contributed by atoms with Gasteiger partial charge in [-0.15, -0.1) is 0 Å². The van der Waals surface area contributed by atoms with Crippen LogP contribution in [0.3, 0.4) is 0 Å². The highest BCUT2D eigenvalue weighted by atomic mass is 19.4. The number of allylic oxidation sites excluding steroid dienone is 1. The summed E-state index contributed by atoms with van der Waals surface area (Å²) in [6.45, 7) is 1.79. The molecule has 4 aliphatic carbocycles. The fraction of sp³-hybridized carbons (Fsp3) is 0.850. The minimum absolute atomic E-state index is 0.0785. The number of hydrogen-bond donors (Lipinski definition) is 2. The molecule has 146 valence electrons. The van der Waals surface area contributed by atoms with Crippen molar-refractivity contribution >= 4 is 5.78 Å². The van der Waals surface area contributed by atoms with Crippen LogP contribution >= 0.6 is 0 Å². The molecule has 0 radical (unpaired) electrons. The number of carbonyl (C=O) groups is 1. The second kappa shape index (κ2) is 5.73. The van der Waals surface area contributed by atoms with E-state index in [2.05, 4.69) is 0 Å². The van der Waals surface area contributed by atoms with Crippen LogP contribution in [0.5, 0.6) is 0 Å². The molecule has 4 rings (SSSR count). The predicted molar refractivity (Wildman–Crippen MR) is 89.3 cm³/mol. The quantitative estimate of drug-likeness (QED) is 0.702. The largest absolute Gasteiger partial charge is 0.504 e. The summed E-state index contributed by atoms with van der Waals surface area (Å²) in [4.78, 5) is 11.8. The van der Waals surface area contributed by atoms with Gasteiger partial charge in [-0.25, -0.2) is 0 Å². The van der Waals surface area contributed by atoms with Crippen LogP contribution in [0.1, 0.15) is 64.7 Å². The first-order valence-corrected chi connectivity index (χ1v) is 9.90. The zero-order chi connectivity index (χ0) is 18.9. The average molecular weight is 372 g/mol. The maximum atomic E-state index is 13.8. The molecule has 1 unspecified atom stereocenters. The van der Waals surface area contributed by atoms with Gasteiger partial charge in [0.05, 0.1) is 0 Å². The zero-order valence-electron chi connectivity index (χ0n) is 15.1. The van der Waals surface area contributed by atoms with Crippen molar-refractivity contribution in [2.24, 2.45) is 29.1 Å². The Hall–Kier alpha value is -1.04. The monoisotopic (exact) mass is 372 g/mol. The van der Waals surface area contributed by atoms with Gasteiger partial charge in [0.2, 0.25) is 0 Å². The van der Waals surface area contributed by atoms with Crippen molar-refractivity contribution < 1.29 is 28.2 Å². The topological polar surface area (TPSA) is 57.5 Å². The third-order valence-corrected chi connectivity index (χ3v) is 8.40. The predicted octanol–water partition coefficient (Wildman–Crippen LogP) is 4.70. The standard InChI is InChI=1S/C20H27F3O3/c1-2-18-9-7-12-11-5-6-16(24)17(25)14(11)4-3-13(12)15(18)8-10-19(18,26)20(21,22)23/h11-13,15,25-26H,2-10H2,1H3/t11-,12-,13-,15+,18?,19+/m1/s1. The molecule has 3 fully saturated rings. The van der Waals surface area contributed by atoms with Gasteiger partial charge in [0, 0.05) is 11.8 Å². The number of rotatable bonds is 1. The maximum Gasteiger partial charge on any atom is 0.417 e. The van der Waals surface area contributed by atoms with Crippen molar-refractivity contribution in [3.05, 3.63) is 11.3 Å². The first-order chi connectivity index (χ1) is 12.2. The van der Waals surface area contributed by atoms with Gasteiger partial charge in [-0.2, -0.15) is 13.2 Å². The summed E-state index contributed by atoms with van der Waals surface area (Å²) in [6.07, 6.45) is -0.663. The Morgan fingerprint density at radius 3 is 2.46 bits per heavy atom. The summed E-state index contributed by atoms with van der Waals surface area (Å²) in [6, 6.07) is 0. The van der Waals surface area contributed by atoms with Gasteiger partial charge >= 0.3 is 6.18 Å². The fourth-order valence-corrected chi connectivity index (χ4v) is 7.25. The molecule has 6 heteroatoms. The van der Waals surface area contributed by atoms with Crippen LogP contribution in [0.25, 0.3) is 0 Å². The molecule has 0 aromatic carbocycles. The molecule has 0 amide bonds. The summed E-state index contributed by atoms with van der Waals surface area (Å²) < 4.78 is 41.4. The van der Waals surface area contributed by atoms with Gasteiger partial charge in [-0.05, 0) is 80.6 Å². The second-order valence-corrected chi connectivity index (χ2v) is 8.86. The maximum absolute atomic E-state index is 13.8. The number of carbonyl (C=O) groups excluding carboxylic acids is 1. The normalized spacial score (nSPS) is 46.0. The summed E-state index contributed by atoms with van der Waals surface area (Å²) in [7, 11) is 0. The van der Waals surface area contributed by atoms with E-state index in [4.69, 9.17) is 0 Å². The van der Waals surface area contributed by atoms with Crippen LogP contribution in [-0.4, -0.2) is 27.8 Å². The van der Waals surface area contributed by atoms with Crippen molar-refractivity contribution in [1.82, 2.24) is 0 Å². The lowest BCUT2D eigenvalue weighted by Gasteiger charge is -2.56. The van der Waals surface area contributed by atoms with E-state index in [0.29, 0.717) is 51.4 Å². The number of aliphatic hydroxyl groups excluding tert-OH is 1. The summed E-state index contributed by atoms with van der Waals surface area (Å²) in [5.74, 6) is 0.107. The molecule has 0 spiro atoms. The molecule has 3 nitrogen and oxygen atoms in total. The van der Waals surface area contributed by atoms with E-state index in [-0.39, 0.29) is 41.6 Å². The molecule has 0 saturated heterocycles. The minimum Gasteiger partial charge on any atom is -0.504 e. The Morgan fingerprint density at radius 1 is 1.08 bits per heavy atom. The Bertz CT molecular complexity index is 655. The van der Waals surface area contributed by atoms with Crippen LogP contribution in [0, 0.1) is 29.1 Å². The first-order valence-electron chi connectivity index (χ1n) is 9.90. The van der Waals surface area contributed by atoms with E-state index >= 15 is 0 Å².